The molecule has 2 rings (SSSR count). The quantitative estimate of drug-likeness (QED) is 0.842. The van der Waals surface area contributed by atoms with Gasteiger partial charge in [0.15, 0.2) is 5.75 Å². The minimum Gasteiger partial charge on any atom is -0.494 e. The van der Waals surface area contributed by atoms with E-state index in [1.807, 2.05) is 24.3 Å². The molecule has 4 heteroatoms. The van der Waals surface area contributed by atoms with Gasteiger partial charge in [-0.1, -0.05) is 38.1 Å². The number of benzene rings is 2. The monoisotopic (exact) mass is 284 g/mol. The molecular weight excluding hydrogens is 264 g/mol. The van der Waals surface area contributed by atoms with Crippen molar-refractivity contribution in [1.29, 1.82) is 0 Å². The Kier molecular flexibility index (Phi) is 4.48. The number of nitrogens with two attached hydrogens (primary N) is 1. The summed E-state index contributed by atoms with van der Waals surface area (Å²) in [6.07, 6.45) is 0. The number of amides is 1. The molecule has 21 heavy (non-hydrogen) atoms. The number of carbonyl (C=O) groups excluding carboxylic acids is 1. The zero-order chi connectivity index (χ0) is 15.4. The van der Waals surface area contributed by atoms with Crippen molar-refractivity contribution in [2.75, 3.05) is 18.2 Å². The second-order valence-electron chi connectivity index (χ2n) is 5.12. The SMILES string of the molecule is COc1c(N)cccc1C(=O)Nc1ccccc1C(C)C. The highest BCUT2D eigenvalue weighted by Crippen LogP contribution is 2.28. The van der Waals surface area contributed by atoms with Crippen LogP contribution in [-0.2, 0) is 0 Å². The Balaban J connectivity index is 2.33. The smallest absolute Gasteiger partial charge is 0.259 e. The van der Waals surface area contributed by atoms with Crippen molar-refractivity contribution < 1.29 is 9.53 Å². The number of hydrogen-bond donors (Lipinski definition) is 2. The Labute approximate surface area is 124 Å². The molecule has 0 radical (unpaired) electrons. The molecule has 2 aromatic carbocycles. The molecule has 1 amide bonds. The number of ether oxygens (including phenoxy) is 1. The average Bonchev–Trinajstić information content (AvgIpc) is 2.47. The van der Waals surface area contributed by atoms with Gasteiger partial charge >= 0.3 is 0 Å². The van der Waals surface area contributed by atoms with Crippen LogP contribution in [0.5, 0.6) is 5.75 Å². The van der Waals surface area contributed by atoms with Gasteiger partial charge in [0.2, 0.25) is 0 Å². The lowest BCUT2D eigenvalue weighted by atomic mass is 10.0. The summed E-state index contributed by atoms with van der Waals surface area (Å²) in [4.78, 5) is 12.5. The van der Waals surface area contributed by atoms with Crippen LogP contribution in [0.15, 0.2) is 42.5 Å². The van der Waals surface area contributed by atoms with Crippen LogP contribution in [0, 0.1) is 0 Å². The first-order valence-electron chi connectivity index (χ1n) is 6.87. The van der Waals surface area contributed by atoms with E-state index < -0.39 is 0 Å². The van der Waals surface area contributed by atoms with Crippen molar-refractivity contribution in [1.82, 2.24) is 0 Å². The number of methoxy groups -OCH3 is 1. The molecule has 0 saturated heterocycles. The van der Waals surface area contributed by atoms with Gasteiger partial charge in [-0.3, -0.25) is 4.79 Å². The van der Waals surface area contributed by atoms with Crippen LogP contribution in [0.4, 0.5) is 11.4 Å². The van der Waals surface area contributed by atoms with Crippen LogP contribution < -0.4 is 15.8 Å². The van der Waals surface area contributed by atoms with Crippen molar-refractivity contribution in [2.24, 2.45) is 0 Å². The molecule has 2 aromatic rings. The van der Waals surface area contributed by atoms with Crippen LogP contribution in [0.3, 0.4) is 0 Å². The highest BCUT2D eigenvalue weighted by atomic mass is 16.5. The van der Waals surface area contributed by atoms with Crippen LogP contribution in [0.2, 0.25) is 0 Å². The summed E-state index contributed by atoms with van der Waals surface area (Å²) in [6.45, 7) is 4.18. The third-order valence-corrected chi connectivity index (χ3v) is 3.33. The van der Waals surface area contributed by atoms with Crippen molar-refractivity contribution in [3.8, 4) is 5.75 Å². The number of para-hydroxylation sites is 2. The number of nitrogens with one attached hydrogen (secondary N) is 1. The van der Waals surface area contributed by atoms with Gasteiger partial charge in [-0.15, -0.1) is 0 Å². The van der Waals surface area contributed by atoms with Crippen LogP contribution >= 0.6 is 0 Å². The largest absolute Gasteiger partial charge is 0.494 e. The zero-order valence-corrected chi connectivity index (χ0v) is 12.5. The first kappa shape index (κ1) is 14.9. The molecule has 0 bridgehead atoms. The molecule has 110 valence electrons. The van der Waals surface area contributed by atoms with E-state index in [0.29, 0.717) is 22.9 Å². The number of rotatable bonds is 4. The van der Waals surface area contributed by atoms with Gasteiger partial charge in [-0.05, 0) is 29.7 Å². The Morgan fingerprint density at radius 1 is 1.14 bits per heavy atom. The van der Waals surface area contributed by atoms with Crippen molar-refractivity contribution in [3.63, 3.8) is 0 Å². The van der Waals surface area contributed by atoms with E-state index in [4.69, 9.17) is 10.5 Å². The Morgan fingerprint density at radius 2 is 1.86 bits per heavy atom. The molecule has 0 heterocycles. The van der Waals surface area contributed by atoms with Crippen LogP contribution in [0.1, 0.15) is 35.7 Å². The molecule has 0 aromatic heterocycles. The summed E-state index contributed by atoms with van der Waals surface area (Å²) >= 11 is 0. The standard InChI is InChI=1S/C17H20N2O2/c1-11(2)12-7-4-5-10-15(12)19-17(20)13-8-6-9-14(18)16(13)21-3/h4-11H,18H2,1-3H3,(H,19,20). The number of hydrogen-bond acceptors (Lipinski definition) is 3. The fourth-order valence-electron chi connectivity index (χ4n) is 2.27. The summed E-state index contributed by atoms with van der Waals surface area (Å²) < 4.78 is 5.23. The van der Waals surface area contributed by atoms with Crippen LogP contribution in [-0.4, -0.2) is 13.0 Å². The molecule has 0 aliphatic rings. The number of anilines is 2. The van der Waals surface area contributed by atoms with Gasteiger partial charge in [0.05, 0.1) is 18.4 Å². The second-order valence-corrected chi connectivity index (χ2v) is 5.12. The van der Waals surface area contributed by atoms with E-state index in [1.165, 1.54) is 7.11 Å². The summed E-state index contributed by atoms with van der Waals surface area (Å²) in [7, 11) is 1.50. The molecule has 4 nitrogen and oxygen atoms in total. The maximum atomic E-state index is 12.5. The van der Waals surface area contributed by atoms with Crippen molar-refractivity contribution in [3.05, 3.63) is 53.6 Å². The third-order valence-electron chi connectivity index (χ3n) is 3.33. The molecular formula is C17H20N2O2. The summed E-state index contributed by atoms with van der Waals surface area (Å²) in [5.74, 6) is 0.494. The van der Waals surface area contributed by atoms with Crippen LogP contribution in [0.25, 0.3) is 0 Å². The van der Waals surface area contributed by atoms with E-state index in [-0.39, 0.29) is 5.91 Å². The highest BCUT2D eigenvalue weighted by Gasteiger charge is 2.16. The van der Waals surface area contributed by atoms with E-state index >= 15 is 0 Å². The maximum absolute atomic E-state index is 12.5. The van der Waals surface area contributed by atoms with Gasteiger partial charge in [-0.25, -0.2) is 0 Å². The molecule has 0 unspecified atom stereocenters. The molecule has 0 fully saturated rings. The lowest BCUT2D eigenvalue weighted by molar-refractivity contribution is 0.102. The Bertz CT molecular complexity index is 651. The predicted molar refractivity (Wildman–Crippen MR) is 85.9 cm³/mol. The van der Waals surface area contributed by atoms with Gasteiger partial charge in [0, 0.05) is 5.69 Å². The predicted octanol–water partition coefficient (Wildman–Crippen LogP) is 3.65. The topological polar surface area (TPSA) is 64.3 Å². The number of carbonyl (C=O) groups is 1. The lowest BCUT2D eigenvalue weighted by Gasteiger charge is -2.15. The highest BCUT2D eigenvalue weighted by molar-refractivity contribution is 6.07. The van der Waals surface area contributed by atoms with E-state index in [2.05, 4.69) is 19.2 Å². The fraction of sp³-hybridized carbons (Fsp3) is 0.235. The van der Waals surface area contributed by atoms with Crippen molar-refractivity contribution in [2.45, 2.75) is 19.8 Å². The first-order valence-corrected chi connectivity index (χ1v) is 6.87. The van der Waals surface area contributed by atoms with E-state index in [0.717, 1.165) is 11.3 Å². The van der Waals surface area contributed by atoms with Gasteiger partial charge in [0.25, 0.3) is 5.91 Å². The molecule has 0 aliphatic carbocycles. The molecule has 3 N–H and O–H groups in total. The third kappa shape index (κ3) is 3.16. The summed E-state index contributed by atoms with van der Waals surface area (Å²) in [5, 5.41) is 2.94. The fourth-order valence-corrected chi connectivity index (χ4v) is 2.27. The lowest BCUT2D eigenvalue weighted by Crippen LogP contribution is -2.15. The number of nitrogen functional groups attached to an aromatic ring is 1. The van der Waals surface area contributed by atoms with Gasteiger partial charge in [-0.2, -0.15) is 0 Å². The van der Waals surface area contributed by atoms with Crippen molar-refractivity contribution >= 4 is 17.3 Å². The molecule has 0 aliphatic heterocycles. The summed E-state index contributed by atoms with van der Waals surface area (Å²) in [5.41, 5.74) is 8.61. The van der Waals surface area contributed by atoms with Gasteiger partial charge in [0.1, 0.15) is 0 Å². The Hall–Kier alpha value is -2.49. The second kappa shape index (κ2) is 6.31. The maximum Gasteiger partial charge on any atom is 0.259 e. The Morgan fingerprint density at radius 3 is 2.52 bits per heavy atom. The summed E-state index contributed by atoms with van der Waals surface area (Å²) in [6, 6.07) is 12.9. The van der Waals surface area contributed by atoms with E-state index in [1.54, 1.807) is 18.2 Å². The zero-order valence-electron chi connectivity index (χ0n) is 12.5. The first-order chi connectivity index (χ1) is 10.0. The average molecular weight is 284 g/mol. The molecule has 0 spiro atoms. The van der Waals surface area contributed by atoms with Gasteiger partial charge < -0.3 is 15.8 Å². The molecule has 0 saturated carbocycles. The normalized spacial score (nSPS) is 10.5. The minimum atomic E-state index is -0.229. The van der Waals surface area contributed by atoms with E-state index in [9.17, 15) is 4.79 Å². The minimum absolute atomic E-state index is 0.229. The molecule has 0 atom stereocenters.